The molecular weight excluding hydrogens is 296 g/mol. The van der Waals surface area contributed by atoms with Gasteiger partial charge >= 0.3 is 0 Å². The molecule has 3 rings (SSSR count). The van der Waals surface area contributed by atoms with Gasteiger partial charge in [-0.05, 0) is 18.2 Å². The second kappa shape index (κ2) is 6.07. The Morgan fingerprint density at radius 1 is 0.909 bits per heavy atom. The smallest absolute Gasteiger partial charge is 0.161 e. The number of rotatable bonds is 4. The third-order valence-corrected chi connectivity index (χ3v) is 4.26. The van der Waals surface area contributed by atoms with Crippen LogP contribution < -0.4 is 15.2 Å². The van der Waals surface area contributed by atoms with Crippen LogP contribution in [0.25, 0.3) is 21.8 Å². The van der Waals surface area contributed by atoms with Crippen molar-refractivity contribution in [3.63, 3.8) is 0 Å². The molecule has 112 valence electrons. The Kier molecular flexibility index (Phi) is 3.98. The summed E-state index contributed by atoms with van der Waals surface area (Å²) in [6.07, 6.45) is 0. The summed E-state index contributed by atoms with van der Waals surface area (Å²) >= 11 is 1.47. The number of anilines is 1. The molecule has 0 saturated carbocycles. The molecule has 5 heteroatoms. The van der Waals surface area contributed by atoms with Crippen molar-refractivity contribution in [2.45, 2.75) is 0 Å². The lowest BCUT2D eigenvalue weighted by Crippen LogP contribution is -1.90. The van der Waals surface area contributed by atoms with Crippen molar-refractivity contribution in [3.8, 4) is 33.3 Å². The Morgan fingerprint density at radius 3 is 2.32 bits per heavy atom. The lowest BCUT2D eigenvalue weighted by Gasteiger charge is -2.08. The van der Waals surface area contributed by atoms with E-state index in [1.807, 2.05) is 48.5 Å². The van der Waals surface area contributed by atoms with Crippen molar-refractivity contribution < 1.29 is 9.47 Å². The molecule has 1 heterocycles. The number of benzene rings is 2. The van der Waals surface area contributed by atoms with Crippen molar-refractivity contribution in [2.75, 3.05) is 20.0 Å². The molecule has 0 atom stereocenters. The zero-order valence-electron chi connectivity index (χ0n) is 12.4. The van der Waals surface area contributed by atoms with Crippen molar-refractivity contribution in [1.82, 2.24) is 4.98 Å². The van der Waals surface area contributed by atoms with Gasteiger partial charge in [0.2, 0.25) is 0 Å². The summed E-state index contributed by atoms with van der Waals surface area (Å²) < 4.78 is 10.6. The number of nitrogens with zero attached hydrogens (tertiary/aromatic N) is 1. The maximum Gasteiger partial charge on any atom is 0.161 e. The van der Waals surface area contributed by atoms with E-state index in [1.54, 1.807) is 14.2 Å². The lowest BCUT2D eigenvalue weighted by molar-refractivity contribution is 0.355. The fraction of sp³-hybridized carbons (Fsp3) is 0.118. The summed E-state index contributed by atoms with van der Waals surface area (Å²) in [4.78, 5) is 4.68. The molecule has 0 amide bonds. The van der Waals surface area contributed by atoms with Gasteiger partial charge in [-0.1, -0.05) is 41.7 Å². The number of aromatic nitrogens is 1. The molecule has 0 radical (unpaired) electrons. The molecule has 0 aliphatic heterocycles. The van der Waals surface area contributed by atoms with Gasteiger partial charge in [0, 0.05) is 11.1 Å². The van der Waals surface area contributed by atoms with Gasteiger partial charge in [0.25, 0.3) is 0 Å². The average molecular weight is 312 g/mol. The predicted octanol–water partition coefficient (Wildman–Crippen LogP) is 4.08. The van der Waals surface area contributed by atoms with E-state index < -0.39 is 0 Å². The van der Waals surface area contributed by atoms with Crippen LogP contribution in [-0.2, 0) is 0 Å². The minimum atomic E-state index is 0.676. The van der Waals surface area contributed by atoms with Gasteiger partial charge in [0.1, 0.15) is 15.7 Å². The zero-order valence-corrected chi connectivity index (χ0v) is 13.2. The van der Waals surface area contributed by atoms with Crippen molar-refractivity contribution in [1.29, 1.82) is 0 Å². The first kappa shape index (κ1) is 14.4. The summed E-state index contributed by atoms with van der Waals surface area (Å²) in [7, 11) is 3.24. The van der Waals surface area contributed by atoms with Crippen LogP contribution in [0.2, 0.25) is 0 Å². The van der Waals surface area contributed by atoms with E-state index in [0.29, 0.717) is 16.5 Å². The van der Waals surface area contributed by atoms with Crippen LogP contribution in [0.3, 0.4) is 0 Å². The number of hydrogen-bond acceptors (Lipinski definition) is 5. The highest BCUT2D eigenvalue weighted by Crippen LogP contribution is 2.38. The number of hydrogen-bond donors (Lipinski definition) is 1. The van der Waals surface area contributed by atoms with Gasteiger partial charge in [-0.2, -0.15) is 0 Å². The van der Waals surface area contributed by atoms with E-state index in [2.05, 4.69) is 4.98 Å². The summed E-state index contributed by atoms with van der Waals surface area (Å²) in [5, 5.41) is 1.56. The van der Waals surface area contributed by atoms with E-state index in [1.165, 1.54) is 11.3 Å². The second-order valence-electron chi connectivity index (χ2n) is 4.67. The van der Waals surface area contributed by atoms with Crippen LogP contribution in [0.5, 0.6) is 11.5 Å². The molecule has 3 aromatic rings. The van der Waals surface area contributed by atoms with E-state index in [9.17, 15) is 0 Å². The lowest BCUT2D eigenvalue weighted by atomic mass is 10.1. The number of thiazole rings is 1. The molecule has 0 fully saturated rings. The third-order valence-electron chi connectivity index (χ3n) is 3.33. The monoisotopic (exact) mass is 312 g/mol. The highest BCUT2D eigenvalue weighted by Gasteiger charge is 2.13. The van der Waals surface area contributed by atoms with Gasteiger partial charge < -0.3 is 15.2 Å². The van der Waals surface area contributed by atoms with Crippen LogP contribution in [0.15, 0.2) is 48.5 Å². The minimum Gasteiger partial charge on any atom is -0.493 e. The summed E-state index contributed by atoms with van der Waals surface area (Å²) in [6.45, 7) is 0. The molecule has 0 aliphatic carbocycles. The van der Waals surface area contributed by atoms with Crippen molar-refractivity contribution in [2.24, 2.45) is 0 Å². The van der Waals surface area contributed by atoms with Crippen molar-refractivity contribution >= 4 is 16.3 Å². The maximum atomic E-state index is 6.14. The highest BCUT2D eigenvalue weighted by molar-refractivity contribution is 7.19. The van der Waals surface area contributed by atoms with Crippen molar-refractivity contribution in [3.05, 3.63) is 48.5 Å². The number of methoxy groups -OCH3 is 2. The Balaban J connectivity index is 2.03. The van der Waals surface area contributed by atoms with E-state index in [4.69, 9.17) is 15.2 Å². The Labute approximate surface area is 133 Å². The molecule has 0 saturated heterocycles. The molecule has 0 spiro atoms. The van der Waals surface area contributed by atoms with Crippen LogP contribution in [0, 0.1) is 0 Å². The number of nitrogens with two attached hydrogens (primary N) is 1. The third kappa shape index (κ3) is 2.63. The molecule has 22 heavy (non-hydrogen) atoms. The summed E-state index contributed by atoms with van der Waals surface area (Å²) in [5.74, 6) is 1.37. The van der Waals surface area contributed by atoms with Crippen LogP contribution in [-0.4, -0.2) is 19.2 Å². The number of ether oxygens (including phenoxy) is 2. The predicted molar refractivity (Wildman–Crippen MR) is 90.5 cm³/mol. The van der Waals surface area contributed by atoms with Gasteiger partial charge in [-0.3, -0.25) is 0 Å². The van der Waals surface area contributed by atoms with E-state index >= 15 is 0 Å². The molecular formula is C17H16N2O2S. The fourth-order valence-corrected chi connectivity index (χ4v) is 3.08. The quantitative estimate of drug-likeness (QED) is 0.788. The average Bonchev–Trinajstić information content (AvgIpc) is 2.97. The van der Waals surface area contributed by atoms with Gasteiger partial charge in [0.15, 0.2) is 11.5 Å². The first-order valence-electron chi connectivity index (χ1n) is 6.77. The van der Waals surface area contributed by atoms with Crippen LogP contribution in [0.1, 0.15) is 0 Å². The minimum absolute atomic E-state index is 0.676. The standard InChI is InChI=1S/C17H16N2O2S/c1-20-13-9-8-12(10-14(13)21-2)17-19-15(16(18)22-17)11-6-4-3-5-7-11/h3-10H,18H2,1-2H3. The maximum absolute atomic E-state index is 6.14. The van der Waals surface area contributed by atoms with Gasteiger partial charge in [-0.15, -0.1) is 0 Å². The first-order chi connectivity index (χ1) is 10.7. The Morgan fingerprint density at radius 2 is 1.64 bits per heavy atom. The largest absolute Gasteiger partial charge is 0.493 e. The van der Waals surface area contributed by atoms with Gasteiger partial charge in [-0.25, -0.2) is 4.98 Å². The van der Waals surface area contributed by atoms with Crippen LogP contribution >= 0.6 is 11.3 Å². The summed E-state index contributed by atoms with van der Waals surface area (Å²) in [5.41, 5.74) is 8.92. The molecule has 0 unspecified atom stereocenters. The van der Waals surface area contributed by atoms with E-state index in [-0.39, 0.29) is 0 Å². The SMILES string of the molecule is COc1ccc(-c2nc(-c3ccccc3)c(N)s2)cc1OC. The Hall–Kier alpha value is -2.53. The first-order valence-corrected chi connectivity index (χ1v) is 7.58. The normalized spacial score (nSPS) is 10.5. The zero-order chi connectivity index (χ0) is 15.5. The molecule has 0 aliphatic rings. The number of nitrogen functional groups attached to an aromatic ring is 1. The molecule has 1 aromatic heterocycles. The van der Waals surface area contributed by atoms with E-state index in [0.717, 1.165) is 21.8 Å². The summed E-state index contributed by atoms with van der Waals surface area (Å²) in [6, 6.07) is 15.7. The van der Waals surface area contributed by atoms with Gasteiger partial charge in [0.05, 0.1) is 14.2 Å². The fourth-order valence-electron chi connectivity index (χ4n) is 2.23. The highest BCUT2D eigenvalue weighted by atomic mass is 32.1. The van der Waals surface area contributed by atoms with Crippen LogP contribution in [0.4, 0.5) is 5.00 Å². The molecule has 2 aromatic carbocycles. The topological polar surface area (TPSA) is 57.4 Å². The Bertz CT molecular complexity index is 785. The molecule has 0 bridgehead atoms. The second-order valence-corrected chi connectivity index (χ2v) is 5.70. The molecule has 4 nitrogen and oxygen atoms in total. The molecule has 2 N–H and O–H groups in total.